The van der Waals surface area contributed by atoms with Gasteiger partial charge in [-0.05, 0) is 11.6 Å². The number of ether oxygens (including phenoxy) is 1. The number of carbonyl (C=O) groups excluding carboxylic acids is 2. The van der Waals surface area contributed by atoms with E-state index < -0.39 is 5.97 Å². The maximum absolute atomic E-state index is 12.0. The van der Waals surface area contributed by atoms with Crippen molar-refractivity contribution in [3.05, 3.63) is 64.1 Å². The highest BCUT2D eigenvalue weighted by atomic mass is 16.5. The lowest BCUT2D eigenvalue weighted by atomic mass is 10.2. The topological polar surface area (TPSA) is 81.5 Å². The highest BCUT2D eigenvalue weighted by Crippen LogP contribution is 2.03. The van der Waals surface area contributed by atoms with Crippen LogP contribution in [0.15, 0.2) is 47.3 Å². The second-order valence-corrected chi connectivity index (χ2v) is 4.99. The molecule has 2 aromatic rings. The third-order valence-corrected chi connectivity index (χ3v) is 3.18. The lowest BCUT2D eigenvalue weighted by Gasteiger charge is -2.17. The molecule has 0 bridgehead atoms. The van der Waals surface area contributed by atoms with Gasteiger partial charge in [-0.25, -0.2) is 9.48 Å². The monoisotopic (exact) mass is 315 g/mol. The number of aromatic nitrogens is 2. The lowest BCUT2D eigenvalue weighted by Crippen LogP contribution is -2.31. The lowest BCUT2D eigenvalue weighted by molar-refractivity contribution is -0.133. The van der Waals surface area contributed by atoms with Crippen molar-refractivity contribution in [1.29, 1.82) is 0 Å². The third-order valence-electron chi connectivity index (χ3n) is 3.18. The number of hydrogen-bond donors (Lipinski definition) is 0. The van der Waals surface area contributed by atoms with Gasteiger partial charge in [0, 0.05) is 26.7 Å². The molecule has 1 aromatic heterocycles. The quantitative estimate of drug-likeness (QED) is 0.755. The molecule has 0 aliphatic rings. The van der Waals surface area contributed by atoms with E-state index >= 15 is 0 Å². The van der Waals surface area contributed by atoms with E-state index in [1.807, 2.05) is 30.3 Å². The van der Waals surface area contributed by atoms with E-state index in [-0.39, 0.29) is 23.8 Å². The summed E-state index contributed by atoms with van der Waals surface area (Å²) in [5.41, 5.74) is 0.625. The van der Waals surface area contributed by atoms with Crippen molar-refractivity contribution in [2.24, 2.45) is 7.05 Å². The maximum Gasteiger partial charge on any atom is 0.359 e. The van der Waals surface area contributed by atoms with Gasteiger partial charge in [0.1, 0.15) is 0 Å². The molecule has 1 heterocycles. The molecule has 0 unspecified atom stereocenters. The molecule has 0 fully saturated rings. The molecule has 1 aromatic carbocycles. The van der Waals surface area contributed by atoms with Crippen molar-refractivity contribution in [3.8, 4) is 0 Å². The number of rotatable bonds is 5. The van der Waals surface area contributed by atoms with Crippen molar-refractivity contribution in [3.63, 3.8) is 0 Å². The fraction of sp³-hybridized carbons (Fsp3) is 0.250. The van der Waals surface area contributed by atoms with E-state index in [1.54, 1.807) is 7.05 Å². The fourth-order valence-corrected chi connectivity index (χ4v) is 1.87. The van der Waals surface area contributed by atoms with Crippen LogP contribution in [0.1, 0.15) is 16.1 Å². The summed E-state index contributed by atoms with van der Waals surface area (Å²) >= 11 is 0. The average Bonchev–Trinajstić information content (AvgIpc) is 2.55. The van der Waals surface area contributed by atoms with Gasteiger partial charge in [-0.15, -0.1) is 0 Å². The molecule has 7 heteroatoms. The second kappa shape index (κ2) is 7.35. The Hall–Kier alpha value is -2.96. The molecule has 1 amide bonds. The number of likely N-dealkylation sites (N-methyl/N-ethyl adjacent to an activating group) is 1. The van der Waals surface area contributed by atoms with Crippen LogP contribution in [0.5, 0.6) is 0 Å². The molecule has 120 valence electrons. The van der Waals surface area contributed by atoms with Crippen LogP contribution in [0.25, 0.3) is 0 Å². The van der Waals surface area contributed by atoms with Crippen LogP contribution in [0, 0.1) is 0 Å². The summed E-state index contributed by atoms with van der Waals surface area (Å²) in [6.45, 7) is 0.0437. The Kier molecular flexibility index (Phi) is 5.24. The fourth-order valence-electron chi connectivity index (χ4n) is 1.87. The standard InChI is InChI=1S/C16H17N3O4/c1-18(10-12-6-4-3-5-7-12)15(21)11-23-16(22)13-8-9-14(20)19(2)17-13/h3-9H,10-11H2,1-2H3. The minimum absolute atomic E-state index is 0.0226. The minimum Gasteiger partial charge on any atom is -0.451 e. The molecule has 23 heavy (non-hydrogen) atoms. The molecule has 7 nitrogen and oxygen atoms in total. The first-order valence-electron chi connectivity index (χ1n) is 6.97. The van der Waals surface area contributed by atoms with Crippen LogP contribution < -0.4 is 5.56 Å². The molecule has 0 saturated heterocycles. The van der Waals surface area contributed by atoms with Gasteiger partial charge in [-0.3, -0.25) is 9.59 Å². The second-order valence-electron chi connectivity index (χ2n) is 4.99. The van der Waals surface area contributed by atoms with Crippen LogP contribution in [0.2, 0.25) is 0 Å². The summed E-state index contributed by atoms with van der Waals surface area (Å²) in [5, 5.41) is 3.77. The van der Waals surface area contributed by atoms with Crippen LogP contribution in [-0.4, -0.2) is 40.2 Å². The predicted octanol–water partition coefficient (Wildman–Crippen LogP) is 0.596. The van der Waals surface area contributed by atoms with Gasteiger partial charge in [-0.1, -0.05) is 30.3 Å². The molecule has 0 atom stereocenters. The summed E-state index contributed by atoms with van der Waals surface area (Å²) < 4.78 is 5.96. The summed E-state index contributed by atoms with van der Waals surface area (Å²) in [6, 6.07) is 12.0. The molecular formula is C16H17N3O4. The molecule has 0 aliphatic heterocycles. The third kappa shape index (κ3) is 4.50. The van der Waals surface area contributed by atoms with Crippen molar-refractivity contribution in [2.45, 2.75) is 6.54 Å². The first-order chi connectivity index (χ1) is 11.0. The Morgan fingerprint density at radius 3 is 2.52 bits per heavy atom. The average molecular weight is 315 g/mol. The van der Waals surface area contributed by atoms with Gasteiger partial charge >= 0.3 is 5.97 Å². The summed E-state index contributed by atoms with van der Waals surface area (Å²) in [4.78, 5) is 36.5. The molecule has 2 rings (SSSR count). The predicted molar refractivity (Wildman–Crippen MR) is 82.7 cm³/mol. The Bertz CT molecular complexity index is 755. The number of esters is 1. The number of carbonyl (C=O) groups is 2. The zero-order chi connectivity index (χ0) is 16.8. The highest BCUT2D eigenvalue weighted by Gasteiger charge is 2.15. The van der Waals surface area contributed by atoms with E-state index in [9.17, 15) is 14.4 Å². The van der Waals surface area contributed by atoms with Gasteiger partial charge in [0.2, 0.25) is 0 Å². The van der Waals surface area contributed by atoms with Crippen molar-refractivity contribution in [2.75, 3.05) is 13.7 Å². The summed E-state index contributed by atoms with van der Waals surface area (Å²) in [6.07, 6.45) is 0. The Balaban J connectivity index is 1.89. The first-order valence-corrected chi connectivity index (χ1v) is 6.97. The van der Waals surface area contributed by atoms with Crippen molar-refractivity contribution in [1.82, 2.24) is 14.7 Å². The number of amides is 1. The SMILES string of the molecule is CN(Cc1ccccc1)C(=O)COC(=O)c1ccc(=O)n(C)n1. The van der Waals surface area contributed by atoms with E-state index in [2.05, 4.69) is 5.10 Å². The maximum atomic E-state index is 12.0. The van der Waals surface area contributed by atoms with Gasteiger partial charge in [0.25, 0.3) is 11.5 Å². The van der Waals surface area contributed by atoms with Gasteiger partial charge in [0.15, 0.2) is 12.3 Å². The van der Waals surface area contributed by atoms with E-state index in [1.165, 1.54) is 24.1 Å². The van der Waals surface area contributed by atoms with Gasteiger partial charge < -0.3 is 9.64 Å². The largest absolute Gasteiger partial charge is 0.451 e. The molecule has 0 saturated carbocycles. The normalized spacial score (nSPS) is 10.2. The van der Waals surface area contributed by atoms with Crippen LogP contribution >= 0.6 is 0 Å². The van der Waals surface area contributed by atoms with Crippen LogP contribution in [0.3, 0.4) is 0 Å². The number of nitrogens with zero attached hydrogens (tertiary/aromatic N) is 3. The smallest absolute Gasteiger partial charge is 0.359 e. The number of benzene rings is 1. The summed E-state index contributed by atoms with van der Waals surface area (Å²) in [7, 11) is 3.06. The zero-order valence-corrected chi connectivity index (χ0v) is 12.9. The molecule has 0 N–H and O–H groups in total. The Morgan fingerprint density at radius 1 is 1.17 bits per heavy atom. The Morgan fingerprint density at radius 2 is 1.87 bits per heavy atom. The van der Waals surface area contributed by atoms with Gasteiger partial charge in [0.05, 0.1) is 0 Å². The molecule has 0 aliphatic carbocycles. The zero-order valence-electron chi connectivity index (χ0n) is 12.9. The Labute approximate surface area is 133 Å². The number of aryl methyl sites for hydroxylation is 1. The van der Waals surface area contributed by atoms with E-state index in [0.717, 1.165) is 10.2 Å². The van der Waals surface area contributed by atoms with Crippen LogP contribution in [-0.2, 0) is 23.1 Å². The molecular weight excluding hydrogens is 298 g/mol. The number of hydrogen-bond acceptors (Lipinski definition) is 5. The van der Waals surface area contributed by atoms with E-state index in [0.29, 0.717) is 6.54 Å². The van der Waals surface area contributed by atoms with Crippen LogP contribution in [0.4, 0.5) is 0 Å². The van der Waals surface area contributed by atoms with Gasteiger partial charge in [-0.2, -0.15) is 5.10 Å². The highest BCUT2D eigenvalue weighted by molar-refractivity contribution is 5.89. The summed E-state index contributed by atoms with van der Waals surface area (Å²) in [5.74, 6) is -1.07. The molecule has 0 spiro atoms. The first kappa shape index (κ1) is 16.4. The minimum atomic E-state index is -0.748. The van der Waals surface area contributed by atoms with E-state index in [4.69, 9.17) is 4.74 Å². The van der Waals surface area contributed by atoms with Crippen molar-refractivity contribution >= 4 is 11.9 Å². The molecule has 0 radical (unpaired) electrons. The van der Waals surface area contributed by atoms with Crippen molar-refractivity contribution < 1.29 is 14.3 Å².